The number of allylic oxidation sites excluding steroid dienone is 4. The Labute approximate surface area is 493 Å². The summed E-state index contributed by atoms with van der Waals surface area (Å²) in [5.41, 5.74) is 17.3. The van der Waals surface area contributed by atoms with Crippen LogP contribution in [0.4, 0.5) is 0 Å². The fourth-order valence-corrected chi connectivity index (χ4v) is 7.90. The molecule has 0 saturated heterocycles. The average Bonchev–Trinajstić information content (AvgIpc) is 4.13. The first kappa shape index (κ1) is 73.3. The van der Waals surface area contributed by atoms with Crippen molar-refractivity contribution in [2.24, 2.45) is 38.3 Å². The molecule has 5 aromatic heterocycles. The Kier molecular flexibility index (Phi) is 26.7. The van der Waals surface area contributed by atoms with Crippen molar-refractivity contribution in [1.82, 2.24) is 39.9 Å². The largest absolute Gasteiger partial charge is 0.449 e. The molecule has 0 saturated carbocycles. The minimum absolute atomic E-state index is 0.109. The summed E-state index contributed by atoms with van der Waals surface area (Å²) in [6, 6.07) is 2.08. The van der Waals surface area contributed by atoms with Crippen LogP contribution in [-0.4, -0.2) is 70.1 Å². The maximum atomic E-state index is 5.08. The summed E-state index contributed by atoms with van der Waals surface area (Å²) in [5.74, 6) is 2.81. The second kappa shape index (κ2) is 29.5. The number of oxazole rings is 1. The molecule has 8 heterocycles. The van der Waals surface area contributed by atoms with Crippen LogP contribution in [0, 0.1) is 50.9 Å². The number of imidazole rings is 2. The molecular formula is C68H115N11O2. The van der Waals surface area contributed by atoms with E-state index < -0.39 is 0 Å². The Morgan fingerprint density at radius 1 is 0.580 bits per heavy atom. The Balaban J connectivity index is 0.000000463. The van der Waals surface area contributed by atoms with E-state index in [-0.39, 0.29) is 37.9 Å². The Morgan fingerprint density at radius 2 is 1.16 bits per heavy atom. The van der Waals surface area contributed by atoms with Gasteiger partial charge in [0.05, 0.1) is 30.2 Å². The number of rotatable bonds is 0. The van der Waals surface area contributed by atoms with Gasteiger partial charge in [0.1, 0.15) is 24.2 Å². The lowest BCUT2D eigenvalue weighted by atomic mass is 9.84. The van der Waals surface area contributed by atoms with Crippen molar-refractivity contribution < 1.29 is 8.94 Å². The molecule has 3 aliphatic rings. The third-order valence-electron chi connectivity index (χ3n) is 13.3. The highest BCUT2D eigenvalue weighted by Gasteiger charge is 2.24. The van der Waals surface area contributed by atoms with E-state index in [1.54, 1.807) is 12.5 Å². The van der Waals surface area contributed by atoms with Crippen molar-refractivity contribution in [2.45, 2.75) is 255 Å². The van der Waals surface area contributed by atoms with Crippen LogP contribution in [-0.2, 0) is 34.1 Å². The third-order valence-corrected chi connectivity index (χ3v) is 13.3. The van der Waals surface area contributed by atoms with E-state index >= 15 is 0 Å². The van der Waals surface area contributed by atoms with Gasteiger partial charge in [-0.2, -0.15) is 5.10 Å². The van der Waals surface area contributed by atoms with Crippen molar-refractivity contribution in [1.29, 1.82) is 0 Å². The number of aliphatic imine (C=N–C) groups is 3. The molecule has 454 valence electrons. The molecule has 0 fully saturated rings. The molecule has 81 heavy (non-hydrogen) atoms. The van der Waals surface area contributed by atoms with Crippen LogP contribution in [0.15, 0.2) is 90.0 Å². The minimum Gasteiger partial charge on any atom is -0.449 e. The summed E-state index contributed by atoms with van der Waals surface area (Å²) in [6.45, 7) is 70.1. The minimum atomic E-state index is 0.109. The topological polar surface area (TPSA) is 164 Å². The van der Waals surface area contributed by atoms with Crippen molar-refractivity contribution in [2.75, 3.05) is 13.1 Å². The van der Waals surface area contributed by atoms with Gasteiger partial charge in [0.2, 0.25) is 0 Å². The van der Waals surface area contributed by atoms with Gasteiger partial charge in [-0.1, -0.05) is 183 Å². The van der Waals surface area contributed by atoms with E-state index in [1.165, 1.54) is 50.9 Å². The number of nitrogens with zero attached hydrogens (tertiary/aromatic N) is 9. The molecular weight excluding hydrogens is 1000 g/mol. The summed E-state index contributed by atoms with van der Waals surface area (Å²) in [5, 5.41) is 10.9. The van der Waals surface area contributed by atoms with Crippen LogP contribution in [0.2, 0.25) is 0 Å². The van der Waals surface area contributed by atoms with Crippen LogP contribution in [0.3, 0.4) is 0 Å². The first-order chi connectivity index (χ1) is 36.5. The van der Waals surface area contributed by atoms with Gasteiger partial charge in [0, 0.05) is 105 Å². The van der Waals surface area contributed by atoms with Gasteiger partial charge >= 0.3 is 0 Å². The lowest BCUT2D eigenvalue weighted by Gasteiger charge is -2.20. The lowest BCUT2D eigenvalue weighted by Crippen LogP contribution is -2.16. The molecule has 0 aliphatic carbocycles. The number of aryl methyl sites for hydroxylation is 5. The molecule has 0 bridgehead atoms. The van der Waals surface area contributed by atoms with Gasteiger partial charge in [-0.05, 0) is 88.0 Å². The normalized spacial score (nSPS) is 14.5. The fraction of sp³-hybridized carbons (Fsp3) is 0.647. The monoisotopic (exact) mass is 1120 g/mol. The second-order valence-corrected chi connectivity index (χ2v) is 29.9. The second-order valence-electron chi connectivity index (χ2n) is 29.9. The van der Waals surface area contributed by atoms with E-state index in [0.29, 0.717) is 5.41 Å². The smallest absolute Gasteiger partial charge is 0.191 e. The molecule has 0 amide bonds. The van der Waals surface area contributed by atoms with E-state index in [9.17, 15) is 0 Å². The highest BCUT2D eigenvalue weighted by atomic mass is 16.5. The van der Waals surface area contributed by atoms with Gasteiger partial charge in [0.15, 0.2) is 5.89 Å². The summed E-state index contributed by atoms with van der Waals surface area (Å²) >= 11 is 0. The Morgan fingerprint density at radius 3 is 1.36 bits per heavy atom. The highest BCUT2D eigenvalue weighted by molar-refractivity contribution is 6.00. The molecule has 13 heteroatoms. The summed E-state index contributed by atoms with van der Waals surface area (Å²) < 4.78 is 12.0. The van der Waals surface area contributed by atoms with Crippen molar-refractivity contribution >= 4 is 17.1 Å². The quantitative estimate of drug-likeness (QED) is 0.156. The molecule has 5 aromatic rings. The Bertz CT molecular complexity index is 2770. The van der Waals surface area contributed by atoms with Gasteiger partial charge in [-0.25, -0.2) is 15.0 Å². The first-order valence-electron chi connectivity index (χ1n) is 29.0. The number of H-pyrrole nitrogens is 2. The first-order valence-corrected chi connectivity index (χ1v) is 29.0. The summed E-state index contributed by atoms with van der Waals surface area (Å²) in [6.07, 6.45) is 15.0. The summed E-state index contributed by atoms with van der Waals surface area (Å²) in [7, 11) is 2.06. The molecule has 8 rings (SSSR count). The molecule has 0 unspecified atom stereocenters. The molecule has 0 atom stereocenters. The third kappa shape index (κ3) is 26.8. The predicted octanol–water partition coefficient (Wildman–Crippen LogP) is 18.3. The SMILES string of the molecule is CC1=NC(C(C)(C)C)=CC1.CC1=NCC(C(C)(C)C)=C1.CC1=NCC=C1C(C)(C)C.Cc1cc(C(C)(C)C)n[nH]1.Cc1nc(C(C)(C)C)co1.Cc1ncc(C(C)(C)C)[nH]1.Cc1ncc(C(C)(C)C)n1C.Cc1nocc1C(C)(C)C. The zero-order valence-electron chi connectivity index (χ0n) is 57.6. The molecule has 0 spiro atoms. The standard InChI is InChI=1S/C9H16N2.3C9H15N.2C8H14N2.2C8H13NO/c1-7-10-6-8(11(7)5)9(2,3)4;1-7-5-8(6-10-7)9(2,3)4;1-7-8(5-6-10-7)9(2,3)4;1-7-5-6-8(10-7)9(2,3)4;1-6-9-5-7(10-6)8(2,3)4;1-6-5-7(10-9-6)8(2,3)4;1-6-9-7(5-10-6)8(2,3)4;1-6-7(5-10-9-6)8(2,3)4/h6H,1-5H3;2*5H,6H2,1-4H3;6H,5H2,1-4H3;2*5H,1-4H3,(H,9,10);2*5H,1-4H3. The molecule has 0 radical (unpaired) electrons. The van der Waals surface area contributed by atoms with E-state index in [2.05, 4.69) is 273 Å². The highest BCUT2D eigenvalue weighted by Crippen LogP contribution is 2.31. The zero-order chi connectivity index (χ0) is 63.1. The van der Waals surface area contributed by atoms with Crippen LogP contribution in [0.1, 0.15) is 251 Å². The van der Waals surface area contributed by atoms with E-state index in [4.69, 9.17) is 8.94 Å². The number of hydrogen-bond acceptors (Lipinski definition) is 10. The summed E-state index contributed by atoms with van der Waals surface area (Å²) in [4.78, 5) is 28.8. The number of aromatic amines is 2. The van der Waals surface area contributed by atoms with Gasteiger partial charge in [-0.15, -0.1) is 0 Å². The molecule has 0 aromatic carbocycles. The van der Waals surface area contributed by atoms with Crippen molar-refractivity contribution in [3.63, 3.8) is 0 Å². The van der Waals surface area contributed by atoms with Crippen LogP contribution < -0.4 is 0 Å². The number of aromatic nitrogens is 8. The van der Waals surface area contributed by atoms with Gasteiger partial charge in [-0.3, -0.25) is 20.1 Å². The van der Waals surface area contributed by atoms with Crippen LogP contribution in [0.25, 0.3) is 0 Å². The van der Waals surface area contributed by atoms with Crippen LogP contribution >= 0.6 is 0 Å². The number of hydrogen-bond donors (Lipinski definition) is 2. The van der Waals surface area contributed by atoms with Crippen molar-refractivity contribution in [3.8, 4) is 0 Å². The van der Waals surface area contributed by atoms with E-state index in [1.807, 2.05) is 47.0 Å². The maximum Gasteiger partial charge on any atom is 0.191 e. The fourth-order valence-electron chi connectivity index (χ4n) is 7.90. The predicted molar refractivity (Wildman–Crippen MR) is 347 cm³/mol. The lowest BCUT2D eigenvalue weighted by molar-refractivity contribution is 0.412. The molecule has 3 aliphatic heterocycles. The van der Waals surface area contributed by atoms with Gasteiger partial charge < -0.3 is 18.5 Å². The zero-order valence-corrected chi connectivity index (χ0v) is 57.6. The van der Waals surface area contributed by atoms with E-state index in [0.717, 1.165) is 59.8 Å². The van der Waals surface area contributed by atoms with Crippen molar-refractivity contribution in [3.05, 3.63) is 123 Å². The molecule has 2 N–H and O–H groups in total. The Hall–Kier alpha value is -5.72. The average molecular weight is 1120 g/mol. The van der Waals surface area contributed by atoms with Crippen LogP contribution in [0.5, 0.6) is 0 Å². The number of nitrogens with one attached hydrogen (secondary N) is 2. The molecule has 13 nitrogen and oxygen atoms in total. The van der Waals surface area contributed by atoms with Gasteiger partial charge in [0.25, 0.3) is 0 Å². The maximum absolute atomic E-state index is 5.08.